The van der Waals surface area contributed by atoms with Crippen LogP contribution in [0.5, 0.6) is 0 Å². The summed E-state index contributed by atoms with van der Waals surface area (Å²) in [5, 5.41) is 17.2. The first kappa shape index (κ1) is 23.2. The maximum Gasteiger partial charge on any atom is 0.300 e. The van der Waals surface area contributed by atoms with Gasteiger partial charge in [-0.1, -0.05) is 91.0 Å². The number of nitrogens with zero attached hydrogens (tertiary/aromatic N) is 3. The number of benzene rings is 6. The van der Waals surface area contributed by atoms with Crippen LogP contribution in [-0.4, -0.2) is 14.1 Å². The van der Waals surface area contributed by atoms with Gasteiger partial charge in [-0.3, -0.25) is 10.1 Å². The van der Waals surface area contributed by atoms with Gasteiger partial charge in [-0.05, 0) is 54.1 Å². The van der Waals surface area contributed by atoms with Crippen molar-refractivity contribution in [1.29, 1.82) is 0 Å². The number of nitro benzene ring substituents is 1. The van der Waals surface area contributed by atoms with Gasteiger partial charge in [0.05, 0.1) is 32.6 Å². The van der Waals surface area contributed by atoms with Crippen molar-refractivity contribution >= 4 is 49.3 Å². The molecule has 0 saturated heterocycles. The highest BCUT2D eigenvalue weighted by Crippen LogP contribution is 2.40. The Morgan fingerprint density at radius 1 is 0.463 bits per heavy atom. The summed E-state index contributed by atoms with van der Waals surface area (Å²) < 4.78 is 4.26. The zero-order valence-corrected chi connectivity index (χ0v) is 21.9. The molecule has 8 rings (SSSR count). The predicted molar refractivity (Wildman–Crippen MR) is 167 cm³/mol. The number of hydrogen-bond donors (Lipinski definition) is 0. The molecule has 0 aliphatic heterocycles. The van der Waals surface area contributed by atoms with E-state index in [0.29, 0.717) is 11.3 Å². The maximum atomic E-state index is 12.7. The molecular formula is C36H23N3O2. The van der Waals surface area contributed by atoms with Gasteiger partial charge in [0.2, 0.25) is 0 Å². The van der Waals surface area contributed by atoms with Crippen molar-refractivity contribution < 1.29 is 4.92 Å². The third-order valence-electron chi connectivity index (χ3n) is 8.03. The van der Waals surface area contributed by atoms with E-state index in [4.69, 9.17) is 0 Å². The highest BCUT2D eigenvalue weighted by molar-refractivity contribution is 6.10. The van der Waals surface area contributed by atoms with Crippen LogP contribution in [0.25, 0.3) is 66.1 Å². The van der Waals surface area contributed by atoms with Crippen LogP contribution in [0.1, 0.15) is 0 Å². The molecule has 0 fully saturated rings. The lowest BCUT2D eigenvalue weighted by Crippen LogP contribution is -2.02. The molecule has 41 heavy (non-hydrogen) atoms. The summed E-state index contributed by atoms with van der Waals surface area (Å²) in [6.45, 7) is 0. The quantitative estimate of drug-likeness (QED) is 0.168. The van der Waals surface area contributed by atoms with Crippen molar-refractivity contribution in [1.82, 2.24) is 9.13 Å². The number of rotatable bonds is 4. The van der Waals surface area contributed by atoms with E-state index in [9.17, 15) is 10.1 Å². The number of hydrogen-bond acceptors (Lipinski definition) is 2. The van der Waals surface area contributed by atoms with E-state index in [1.807, 2.05) is 83.4 Å². The van der Waals surface area contributed by atoms with E-state index in [2.05, 4.69) is 65.2 Å². The Kier molecular flexibility index (Phi) is 5.06. The molecule has 6 aromatic carbocycles. The molecular weight excluding hydrogens is 506 g/mol. The van der Waals surface area contributed by atoms with Crippen LogP contribution < -0.4 is 0 Å². The Morgan fingerprint density at radius 3 is 1.37 bits per heavy atom. The average molecular weight is 530 g/mol. The number of para-hydroxylation sites is 5. The Morgan fingerprint density at radius 2 is 0.902 bits per heavy atom. The molecule has 0 aliphatic carbocycles. The Bertz CT molecular complexity index is 2180. The predicted octanol–water partition coefficient (Wildman–Crippen LogP) is 9.46. The minimum atomic E-state index is -0.255. The fourth-order valence-corrected chi connectivity index (χ4v) is 6.31. The van der Waals surface area contributed by atoms with Gasteiger partial charge < -0.3 is 9.13 Å². The lowest BCUT2D eigenvalue weighted by atomic mass is 10.0. The first-order valence-corrected chi connectivity index (χ1v) is 13.6. The minimum Gasteiger partial charge on any atom is -0.309 e. The van der Waals surface area contributed by atoms with Crippen molar-refractivity contribution in [2.75, 3.05) is 0 Å². The van der Waals surface area contributed by atoms with Crippen molar-refractivity contribution in [2.45, 2.75) is 0 Å². The molecule has 0 atom stereocenters. The standard InChI is InChI=1S/C36H23N3O2/c40-39(41)36-26(14-9-19-35(36)38-33-17-7-3-12-29(33)30-13-4-8-18-34(30)38)24-20-22-25(23-21-24)37-31-15-5-1-10-27(31)28-11-2-6-16-32(28)37/h1-23H. The summed E-state index contributed by atoms with van der Waals surface area (Å²) in [7, 11) is 0. The molecule has 5 heteroatoms. The minimum absolute atomic E-state index is 0.0867. The molecule has 0 radical (unpaired) electrons. The second kappa shape index (κ2) is 8.93. The molecule has 0 unspecified atom stereocenters. The largest absolute Gasteiger partial charge is 0.309 e. The highest BCUT2D eigenvalue weighted by Gasteiger charge is 2.25. The zero-order valence-electron chi connectivity index (χ0n) is 21.9. The summed E-state index contributed by atoms with van der Waals surface area (Å²) in [5.74, 6) is 0. The maximum absolute atomic E-state index is 12.7. The van der Waals surface area contributed by atoms with Crippen molar-refractivity contribution in [2.24, 2.45) is 0 Å². The monoisotopic (exact) mass is 529 g/mol. The van der Waals surface area contributed by atoms with Crippen LogP contribution in [0.4, 0.5) is 5.69 Å². The third-order valence-corrected chi connectivity index (χ3v) is 8.03. The van der Waals surface area contributed by atoms with E-state index in [0.717, 1.165) is 44.1 Å². The Hall–Kier alpha value is -5.68. The molecule has 8 aromatic rings. The lowest BCUT2D eigenvalue weighted by molar-refractivity contribution is -0.383. The molecule has 0 amide bonds. The summed E-state index contributed by atoms with van der Waals surface area (Å²) >= 11 is 0. The molecule has 0 spiro atoms. The van der Waals surface area contributed by atoms with Crippen molar-refractivity contribution in [3.05, 3.63) is 150 Å². The van der Waals surface area contributed by atoms with Crippen molar-refractivity contribution in [3.63, 3.8) is 0 Å². The molecule has 5 nitrogen and oxygen atoms in total. The summed E-state index contributed by atoms with van der Waals surface area (Å²) in [6, 6.07) is 46.5. The second-order valence-corrected chi connectivity index (χ2v) is 10.2. The number of aromatic nitrogens is 2. The summed E-state index contributed by atoms with van der Waals surface area (Å²) in [6.07, 6.45) is 0. The van der Waals surface area contributed by atoms with Crippen LogP contribution in [0.3, 0.4) is 0 Å². The number of nitro groups is 1. The third kappa shape index (κ3) is 3.42. The zero-order chi connectivity index (χ0) is 27.5. The van der Waals surface area contributed by atoms with Crippen LogP contribution in [0.2, 0.25) is 0 Å². The number of fused-ring (bicyclic) bond motifs is 6. The fourth-order valence-electron chi connectivity index (χ4n) is 6.31. The Balaban J connectivity index is 1.32. The molecule has 0 bridgehead atoms. The summed E-state index contributed by atoms with van der Waals surface area (Å²) in [5.41, 5.74) is 7.16. The van der Waals surface area contributed by atoms with Gasteiger partial charge >= 0.3 is 5.69 Å². The van der Waals surface area contributed by atoms with E-state index in [1.54, 1.807) is 0 Å². The van der Waals surface area contributed by atoms with Crippen LogP contribution >= 0.6 is 0 Å². The van der Waals surface area contributed by atoms with Crippen LogP contribution in [0, 0.1) is 10.1 Å². The van der Waals surface area contributed by atoms with Gasteiger partial charge in [-0.25, -0.2) is 0 Å². The SMILES string of the molecule is O=[N+]([O-])c1c(-c2ccc(-n3c4ccccc4c4ccccc43)cc2)cccc1-n1c2ccccc2c2ccccc21. The fraction of sp³-hybridized carbons (Fsp3) is 0. The van der Waals surface area contributed by atoms with Gasteiger partial charge in [0, 0.05) is 27.2 Å². The van der Waals surface area contributed by atoms with Gasteiger partial charge in [-0.15, -0.1) is 0 Å². The normalized spacial score (nSPS) is 11.6. The van der Waals surface area contributed by atoms with E-state index in [1.165, 1.54) is 10.8 Å². The Labute approximate surface area is 235 Å². The molecule has 0 aliphatic rings. The second-order valence-electron chi connectivity index (χ2n) is 10.2. The van der Waals surface area contributed by atoms with Gasteiger partial charge in [0.15, 0.2) is 0 Å². The first-order chi connectivity index (χ1) is 20.2. The van der Waals surface area contributed by atoms with Gasteiger partial charge in [-0.2, -0.15) is 0 Å². The summed E-state index contributed by atoms with van der Waals surface area (Å²) in [4.78, 5) is 12.5. The van der Waals surface area contributed by atoms with E-state index < -0.39 is 0 Å². The van der Waals surface area contributed by atoms with Crippen LogP contribution in [-0.2, 0) is 0 Å². The molecule has 194 valence electrons. The van der Waals surface area contributed by atoms with Crippen LogP contribution in [0.15, 0.2) is 140 Å². The van der Waals surface area contributed by atoms with Gasteiger partial charge in [0.25, 0.3) is 0 Å². The van der Waals surface area contributed by atoms with Gasteiger partial charge in [0.1, 0.15) is 5.69 Å². The first-order valence-electron chi connectivity index (χ1n) is 13.6. The highest BCUT2D eigenvalue weighted by atomic mass is 16.6. The van der Waals surface area contributed by atoms with E-state index >= 15 is 0 Å². The average Bonchev–Trinajstić information content (AvgIpc) is 3.54. The molecule has 2 aromatic heterocycles. The van der Waals surface area contributed by atoms with Crippen molar-refractivity contribution in [3.8, 4) is 22.5 Å². The molecule has 0 N–H and O–H groups in total. The molecule has 2 heterocycles. The molecule has 0 saturated carbocycles. The van der Waals surface area contributed by atoms with E-state index in [-0.39, 0.29) is 10.6 Å². The smallest absolute Gasteiger partial charge is 0.300 e. The topological polar surface area (TPSA) is 53.0 Å². The lowest BCUT2D eigenvalue weighted by Gasteiger charge is -2.13.